The van der Waals surface area contributed by atoms with Gasteiger partial charge in [-0.25, -0.2) is 4.39 Å². The van der Waals surface area contributed by atoms with Crippen molar-refractivity contribution in [2.75, 3.05) is 5.32 Å². The molecule has 0 saturated carbocycles. The van der Waals surface area contributed by atoms with Gasteiger partial charge in [0.15, 0.2) is 11.4 Å². The molecule has 3 rings (SSSR count). The van der Waals surface area contributed by atoms with Crippen LogP contribution < -0.4 is 14.8 Å². The van der Waals surface area contributed by atoms with Gasteiger partial charge in [-0.15, -0.1) is 0 Å². The van der Waals surface area contributed by atoms with E-state index in [-0.39, 0.29) is 11.7 Å². The third kappa shape index (κ3) is 4.88. The molecule has 0 aliphatic heterocycles. The minimum absolute atomic E-state index is 0.350. The highest BCUT2D eigenvalue weighted by atomic mass is 19.1. The number of carbonyl (C=O) groups excluding carboxylic acids is 1. The summed E-state index contributed by atoms with van der Waals surface area (Å²) >= 11 is 0. The summed E-state index contributed by atoms with van der Waals surface area (Å²) in [4.78, 5) is 12.8. The summed E-state index contributed by atoms with van der Waals surface area (Å²) in [5.74, 6) is 0.894. The van der Waals surface area contributed by atoms with Crippen LogP contribution in [0, 0.1) is 12.7 Å². The number of anilines is 1. The molecule has 0 heterocycles. The maximum atomic E-state index is 13.1. The number of carbonyl (C=O) groups is 1. The first-order chi connectivity index (χ1) is 13.3. The molecule has 0 bridgehead atoms. The van der Waals surface area contributed by atoms with Crippen molar-refractivity contribution in [2.24, 2.45) is 0 Å². The molecule has 0 aromatic heterocycles. The van der Waals surface area contributed by atoms with Crippen molar-refractivity contribution >= 4 is 11.6 Å². The Balaban J connectivity index is 1.74. The molecule has 0 fully saturated rings. The zero-order valence-electron chi connectivity index (χ0n) is 16.0. The van der Waals surface area contributed by atoms with E-state index in [1.807, 2.05) is 43.3 Å². The summed E-state index contributed by atoms with van der Waals surface area (Å²) in [5.41, 5.74) is 0.493. The molecule has 3 aromatic carbocycles. The summed E-state index contributed by atoms with van der Waals surface area (Å²) in [7, 11) is 0. The zero-order chi connectivity index (χ0) is 20.1. The number of rotatable bonds is 6. The number of amides is 1. The average molecular weight is 379 g/mol. The largest absolute Gasteiger partial charge is 0.478 e. The maximum absolute atomic E-state index is 13.1. The van der Waals surface area contributed by atoms with Crippen LogP contribution in [-0.2, 0) is 4.79 Å². The lowest BCUT2D eigenvalue weighted by Gasteiger charge is -2.25. The highest BCUT2D eigenvalue weighted by Gasteiger charge is 2.30. The molecule has 0 aliphatic carbocycles. The molecule has 1 N–H and O–H groups in total. The van der Waals surface area contributed by atoms with Crippen LogP contribution in [0.5, 0.6) is 17.2 Å². The number of benzene rings is 3. The topological polar surface area (TPSA) is 47.6 Å². The van der Waals surface area contributed by atoms with E-state index in [0.717, 1.165) is 5.56 Å². The van der Waals surface area contributed by atoms with E-state index in [1.54, 1.807) is 26.0 Å². The Morgan fingerprint density at radius 3 is 2.18 bits per heavy atom. The van der Waals surface area contributed by atoms with Crippen molar-refractivity contribution in [1.82, 2.24) is 0 Å². The Morgan fingerprint density at radius 1 is 0.893 bits per heavy atom. The first kappa shape index (κ1) is 19.4. The number of ether oxygens (including phenoxy) is 2. The van der Waals surface area contributed by atoms with Crippen molar-refractivity contribution in [3.8, 4) is 17.2 Å². The first-order valence-electron chi connectivity index (χ1n) is 8.93. The fourth-order valence-electron chi connectivity index (χ4n) is 2.51. The lowest BCUT2D eigenvalue weighted by Crippen LogP contribution is -2.42. The normalized spacial score (nSPS) is 11.0. The lowest BCUT2D eigenvalue weighted by atomic mass is 10.1. The first-order valence-corrected chi connectivity index (χ1v) is 8.93. The molecule has 144 valence electrons. The Morgan fingerprint density at radius 2 is 1.50 bits per heavy atom. The molecule has 1 amide bonds. The minimum atomic E-state index is -1.17. The fraction of sp³-hybridized carbons (Fsp3) is 0.174. The van der Waals surface area contributed by atoms with Gasteiger partial charge in [-0.3, -0.25) is 4.79 Å². The van der Waals surface area contributed by atoms with Crippen LogP contribution in [0.1, 0.15) is 19.4 Å². The van der Waals surface area contributed by atoms with Gasteiger partial charge in [0.1, 0.15) is 17.3 Å². The van der Waals surface area contributed by atoms with Gasteiger partial charge in [-0.2, -0.15) is 0 Å². The third-order valence-electron chi connectivity index (χ3n) is 4.12. The summed E-state index contributed by atoms with van der Waals surface area (Å²) in [6.07, 6.45) is 0. The van der Waals surface area contributed by atoms with Crippen molar-refractivity contribution in [3.05, 3.63) is 84.2 Å². The lowest BCUT2D eigenvalue weighted by molar-refractivity contribution is -0.128. The third-order valence-corrected chi connectivity index (χ3v) is 4.12. The van der Waals surface area contributed by atoms with Crippen LogP contribution in [-0.4, -0.2) is 11.5 Å². The summed E-state index contributed by atoms with van der Waals surface area (Å²) < 4.78 is 24.7. The van der Waals surface area contributed by atoms with E-state index < -0.39 is 5.60 Å². The van der Waals surface area contributed by atoms with Gasteiger partial charge < -0.3 is 14.8 Å². The van der Waals surface area contributed by atoms with Crippen LogP contribution in [0.25, 0.3) is 0 Å². The van der Waals surface area contributed by atoms with E-state index in [9.17, 15) is 9.18 Å². The number of hydrogen-bond acceptors (Lipinski definition) is 3. The molecule has 4 nitrogen and oxygen atoms in total. The molecule has 0 radical (unpaired) electrons. The molecule has 0 atom stereocenters. The zero-order valence-corrected chi connectivity index (χ0v) is 16.0. The highest BCUT2D eigenvalue weighted by Crippen LogP contribution is 2.30. The average Bonchev–Trinajstić information content (AvgIpc) is 2.67. The van der Waals surface area contributed by atoms with Gasteiger partial charge in [-0.05, 0) is 69.3 Å². The fourth-order valence-corrected chi connectivity index (χ4v) is 2.51. The second-order valence-electron chi connectivity index (χ2n) is 6.93. The maximum Gasteiger partial charge on any atom is 0.268 e. The number of nitrogens with one attached hydrogen (secondary N) is 1. The predicted molar refractivity (Wildman–Crippen MR) is 107 cm³/mol. The van der Waals surface area contributed by atoms with Gasteiger partial charge in [0, 0.05) is 0 Å². The molecule has 0 unspecified atom stereocenters. The second-order valence-corrected chi connectivity index (χ2v) is 6.93. The van der Waals surface area contributed by atoms with Gasteiger partial charge in [0.2, 0.25) is 0 Å². The summed E-state index contributed by atoms with van der Waals surface area (Å²) in [5, 5.41) is 2.85. The smallest absolute Gasteiger partial charge is 0.268 e. The SMILES string of the molecule is Cc1ccc(Oc2ccccc2NC(=O)C(C)(C)Oc2ccc(F)cc2)cc1. The molecule has 0 aliphatic rings. The minimum Gasteiger partial charge on any atom is -0.478 e. The van der Waals surface area contributed by atoms with Crippen molar-refractivity contribution in [2.45, 2.75) is 26.4 Å². The number of aryl methyl sites for hydroxylation is 1. The van der Waals surface area contributed by atoms with Crippen LogP contribution in [0.2, 0.25) is 0 Å². The predicted octanol–water partition coefficient (Wildman–Crippen LogP) is 5.72. The van der Waals surface area contributed by atoms with Crippen molar-refractivity contribution < 1.29 is 18.7 Å². The quantitative estimate of drug-likeness (QED) is 0.596. The van der Waals surface area contributed by atoms with E-state index in [1.165, 1.54) is 24.3 Å². The summed E-state index contributed by atoms with van der Waals surface area (Å²) in [6, 6.07) is 20.4. The van der Waals surface area contributed by atoms with Crippen LogP contribution >= 0.6 is 0 Å². The van der Waals surface area contributed by atoms with Gasteiger partial charge in [0.05, 0.1) is 5.69 Å². The van der Waals surface area contributed by atoms with Gasteiger partial charge >= 0.3 is 0 Å². The van der Waals surface area contributed by atoms with Crippen molar-refractivity contribution in [1.29, 1.82) is 0 Å². The number of halogens is 1. The Bertz CT molecular complexity index is 950. The monoisotopic (exact) mass is 379 g/mol. The number of hydrogen-bond donors (Lipinski definition) is 1. The van der Waals surface area contributed by atoms with E-state index in [2.05, 4.69) is 5.32 Å². The molecular weight excluding hydrogens is 357 g/mol. The molecular formula is C23H22FNO3. The molecule has 5 heteroatoms. The van der Waals surface area contributed by atoms with Gasteiger partial charge in [-0.1, -0.05) is 29.8 Å². The Labute approximate surface area is 163 Å². The van der Waals surface area contributed by atoms with E-state index in [4.69, 9.17) is 9.47 Å². The van der Waals surface area contributed by atoms with Crippen LogP contribution in [0.3, 0.4) is 0 Å². The Kier molecular flexibility index (Phi) is 5.64. The molecule has 3 aromatic rings. The van der Waals surface area contributed by atoms with Crippen LogP contribution in [0.15, 0.2) is 72.8 Å². The summed E-state index contributed by atoms with van der Waals surface area (Å²) in [6.45, 7) is 5.30. The van der Waals surface area contributed by atoms with Crippen LogP contribution in [0.4, 0.5) is 10.1 Å². The van der Waals surface area contributed by atoms with E-state index in [0.29, 0.717) is 22.9 Å². The molecule has 28 heavy (non-hydrogen) atoms. The number of para-hydroxylation sites is 2. The Hall–Kier alpha value is -3.34. The van der Waals surface area contributed by atoms with E-state index >= 15 is 0 Å². The second kappa shape index (κ2) is 8.13. The highest BCUT2D eigenvalue weighted by molar-refractivity contribution is 5.98. The van der Waals surface area contributed by atoms with Crippen molar-refractivity contribution in [3.63, 3.8) is 0 Å². The molecule has 0 saturated heterocycles. The standard InChI is InChI=1S/C23H22FNO3/c1-16-8-12-18(13-9-16)27-21-7-5-4-6-20(21)25-22(26)23(2,3)28-19-14-10-17(24)11-15-19/h4-15H,1-3H3,(H,25,26). The molecule has 0 spiro atoms. The van der Waals surface area contributed by atoms with Gasteiger partial charge in [0.25, 0.3) is 5.91 Å².